The van der Waals surface area contributed by atoms with Crippen molar-refractivity contribution in [1.82, 2.24) is 4.98 Å². The summed E-state index contributed by atoms with van der Waals surface area (Å²) in [5, 5.41) is 18.4. The lowest BCUT2D eigenvalue weighted by Crippen LogP contribution is -2.17. The van der Waals surface area contributed by atoms with Gasteiger partial charge in [0.15, 0.2) is 10.1 Å². The maximum Gasteiger partial charge on any atom is 0.175 e. The van der Waals surface area contributed by atoms with E-state index in [-0.39, 0.29) is 10.1 Å². The van der Waals surface area contributed by atoms with E-state index in [0.29, 0.717) is 5.01 Å². The first-order valence-electron chi connectivity index (χ1n) is 4.40. The van der Waals surface area contributed by atoms with Crippen molar-refractivity contribution in [3.63, 3.8) is 0 Å². The summed E-state index contributed by atoms with van der Waals surface area (Å²) in [5.41, 5.74) is 0.806. The van der Waals surface area contributed by atoms with Crippen LogP contribution in [-0.4, -0.2) is 25.3 Å². The van der Waals surface area contributed by atoms with Gasteiger partial charge in [-0.2, -0.15) is 0 Å². The molecule has 16 heavy (non-hydrogen) atoms. The van der Waals surface area contributed by atoms with Gasteiger partial charge in [0.2, 0.25) is 0 Å². The van der Waals surface area contributed by atoms with Gasteiger partial charge in [0, 0.05) is 0 Å². The first-order chi connectivity index (χ1) is 7.59. The standard InChI is InChI=1S/C10H7NO2S3/c12-9(14)7(10(13)15)8-11-5-3-1-2-4-6(5)16-8/h1-4,7H,(H,12,14)(H,13,15). The predicted octanol–water partition coefficient (Wildman–Crippen LogP) is 3.15. The van der Waals surface area contributed by atoms with E-state index >= 15 is 0 Å². The minimum atomic E-state index is -0.845. The SMILES string of the molecule is OC(=S)C(C(O)=S)c1nc2ccccc2s1. The maximum absolute atomic E-state index is 9.31. The van der Waals surface area contributed by atoms with Crippen molar-refractivity contribution >= 4 is 56.1 Å². The van der Waals surface area contributed by atoms with Crippen LogP contribution in [0.2, 0.25) is 0 Å². The zero-order valence-electron chi connectivity index (χ0n) is 7.95. The Labute approximate surface area is 106 Å². The molecular weight excluding hydrogens is 262 g/mol. The van der Waals surface area contributed by atoms with Crippen LogP contribution in [0.5, 0.6) is 0 Å². The number of aliphatic hydroxyl groups excluding tert-OH is 2. The molecule has 0 aliphatic carbocycles. The molecule has 0 saturated heterocycles. The lowest BCUT2D eigenvalue weighted by Gasteiger charge is -2.06. The number of benzene rings is 1. The summed E-state index contributed by atoms with van der Waals surface area (Å²) in [6.45, 7) is 0. The summed E-state index contributed by atoms with van der Waals surface area (Å²) >= 11 is 10.7. The fourth-order valence-electron chi connectivity index (χ4n) is 1.33. The van der Waals surface area contributed by atoms with E-state index in [2.05, 4.69) is 29.4 Å². The summed E-state index contributed by atoms with van der Waals surface area (Å²) in [5.74, 6) is -0.845. The molecule has 6 heteroatoms. The van der Waals surface area contributed by atoms with Crippen molar-refractivity contribution < 1.29 is 10.2 Å². The lowest BCUT2D eigenvalue weighted by molar-refractivity contribution is 0.514. The second-order valence-electron chi connectivity index (χ2n) is 3.13. The molecule has 0 spiro atoms. The Bertz CT molecular complexity index is 517. The molecular formula is C10H7NO2S3. The molecule has 1 aromatic heterocycles. The van der Waals surface area contributed by atoms with Gasteiger partial charge < -0.3 is 10.2 Å². The molecule has 0 saturated carbocycles. The average molecular weight is 269 g/mol. The summed E-state index contributed by atoms with van der Waals surface area (Å²) in [4.78, 5) is 4.28. The second-order valence-corrected chi connectivity index (χ2v) is 5.03. The third-order valence-electron chi connectivity index (χ3n) is 2.05. The molecule has 3 nitrogen and oxygen atoms in total. The Morgan fingerprint density at radius 1 is 1.19 bits per heavy atom. The van der Waals surface area contributed by atoms with E-state index in [9.17, 15) is 10.2 Å². The highest BCUT2D eigenvalue weighted by atomic mass is 32.1. The summed E-state index contributed by atoms with van der Waals surface area (Å²) in [6, 6.07) is 7.53. The van der Waals surface area contributed by atoms with Crippen molar-refractivity contribution in [2.45, 2.75) is 5.92 Å². The number of hydrogen-bond donors (Lipinski definition) is 2. The van der Waals surface area contributed by atoms with Crippen molar-refractivity contribution in [2.75, 3.05) is 0 Å². The van der Waals surface area contributed by atoms with Gasteiger partial charge in [0.25, 0.3) is 0 Å². The molecule has 2 rings (SSSR count). The van der Waals surface area contributed by atoms with Crippen LogP contribution in [-0.2, 0) is 0 Å². The summed E-state index contributed by atoms with van der Waals surface area (Å²) in [7, 11) is 0. The highest BCUT2D eigenvalue weighted by molar-refractivity contribution is 7.81. The van der Waals surface area contributed by atoms with Crippen LogP contribution in [0.1, 0.15) is 10.9 Å². The minimum absolute atomic E-state index is 0.355. The number of aliphatic hydroxyl groups is 2. The van der Waals surface area contributed by atoms with E-state index < -0.39 is 5.92 Å². The van der Waals surface area contributed by atoms with Gasteiger partial charge in [0.05, 0.1) is 10.2 Å². The fraction of sp³-hybridized carbons (Fsp3) is 0.100. The van der Waals surface area contributed by atoms with E-state index in [1.165, 1.54) is 11.3 Å². The zero-order chi connectivity index (χ0) is 11.7. The molecule has 0 atom stereocenters. The third-order valence-corrected chi connectivity index (χ3v) is 3.62. The second kappa shape index (κ2) is 4.40. The molecule has 0 unspecified atom stereocenters. The molecule has 0 aliphatic heterocycles. The van der Waals surface area contributed by atoms with Crippen molar-refractivity contribution in [3.05, 3.63) is 29.3 Å². The molecule has 1 aromatic carbocycles. The quantitative estimate of drug-likeness (QED) is 0.838. The molecule has 0 aliphatic rings. The number of thiazole rings is 1. The summed E-state index contributed by atoms with van der Waals surface area (Å²) in [6.07, 6.45) is 0. The van der Waals surface area contributed by atoms with Crippen LogP contribution in [0.15, 0.2) is 24.3 Å². The Morgan fingerprint density at radius 2 is 1.81 bits per heavy atom. The molecule has 2 N–H and O–H groups in total. The molecule has 82 valence electrons. The van der Waals surface area contributed by atoms with E-state index in [4.69, 9.17) is 0 Å². The van der Waals surface area contributed by atoms with E-state index in [0.717, 1.165) is 10.2 Å². The Balaban J connectivity index is 2.53. The fourth-order valence-corrected chi connectivity index (χ4v) is 3.08. The highest BCUT2D eigenvalue weighted by Gasteiger charge is 2.24. The van der Waals surface area contributed by atoms with E-state index in [1.807, 2.05) is 24.3 Å². The number of hydrogen-bond acceptors (Lipinski definition) is 4. The van der Waals surface area contributed by atoms with Gasteiger partial charge in [-0.1, -0.05) is 12.1 Å². The largest absolute Gasteiger partial charge is 0.501 e. The Kier molecular flexibility index (Phi) is 3.13. The van der Waals surface area contributed by atoms with Crippen LogP contribution in [0.25, 0.3) is 10.2 Å². The van der Waals surface area contributed by atoms with E-state index in [1.54, 1.807) is 0 Å². The van der Waals surface area contributed by atoms with Gasteiger partial charge in [-0.05, 0) is 36.6 Å². The van der Waals surface area contributed by atoms with Gasteiger partial charge in [-0.15, -0.1) is 11.3 Å². The van der Waals surface area contributed by atoms with Crippen molar-refractivity contribution in [2.24, 2.45) is 0 Å². The van der Waals surface area contributed by atoms with Crippen LogP contribution in [0, 0.1) is 0 Å². The molecule has 0 bridgehead atoms. The van der Waals surface area contributed by atoms with Crippen LogP contribution >= 0.6 is 35.8 Å². The predicted molar refractivity (Wildman–Crippen MR) is 72.8 cm³/mol. The molecule has 0 fully saturated rings. The Morgan fingerprint density at radius 3 is 2.38 bits per heavy atom. The maximum atomic E-state index is 9.31. The van der Waals surface area contributed by atoms with Crippen LogP contribution in [0.3, 0.4) is 0 Å². The normalized spacial score (nSPS) is 10.8. The van der Waals surface area contributed by atoms with Crippen LogP contribution < -0.4 is 0 Å². The monoisotopic (exact) mass is 269 g/mol. The van der Waals surface area contributed by atoms with Gasteiger partial charge >= 0.3 is 0 Å². The third kappa shape index (κ3) is 2.04. The molecule has 0 radical (unpaired) electrons. The van der Waals surface area contributed by atoms with Gasteiger partial charge in [-0.25, -0.2) is 4.98 Å². The van der Waals surface area contributed by atoms with Crippen molar-refractivity contribution in [3.8, 4) is 0 Å². The van der Waals surface area contributed by atoms with Crippen LogP contribution in [0.4, 0.5) is 0 Å². The van der Waals surface area contributed by atoms with Crippen molar-refractivity contribution in [1.29, 1.82) is 0 Å². The highest BCUT2D eigenvalue weighted by Crippen LogP contribution is 2.28. The lowest BCUT2D eigenvalue weighted by atomic mass is 10.2. The molecule has 1 heterocycles. The van der Waals surface area contributed by atoms with Gasteiger partial charge in [0.1, 0.15) is 10.9 Å². The number of para-hydroxylation sites is 1. The number of aromatic nitrogens is 1. The Hall–Kier alpha value is -1.11. The number of nitrogens with zero attached hydrogens (tertiary/aromatic N) is 1. The summed E-state index contributed by atoms with van der Waals surface area (Å²) < 4.78 is 0.968. The zero-order valence-corrected chi connectivity index (χ0v) is 10.4. The molecule has 2 aromatic rings. The first kappa shape index (κ1) is 11.4. The number of fused-ring (bicyclic) bond motifs is 1. The first-order valence-corrected chi connectivity index (χ1v) is 6.04. The molecule has 0 amide bonds. The average Bonchev–Trinajstić information content (AvgIpc) is 2.58. The topological polar surface area (TPSA) is 53.4 Å². The minimum Gasteiger partial charge on any atom is -0.501 e. The smallest absolute Gasteiger partial charge is 0.175 e. The van der Waals surface area contributed by atoms with Gasteiger partial charge in [-0.3, -0.25) is 0 Å². The number of thiocarbonyl (C=S) groups is 2. The number of rotatable bonds is 3.